The highest BCUT2D eigenvalue weighted by Crippen LogP contribution is 2.24. The Morgan fingerprint density at radius 3 is 2.55 bits per heavy atom. The van der Waals surface area contributed by atoms with Gasteiger partial charge < -0.3 is 15.4 Å². The van der Waals surface area contributed by atoms with Crippen molar-refractivity contribution in [3.05, 3.63) is 77.7 Å². The van der Waals surface area contributed by atoms with Crippen LogP contribution in [0, 0.1) is 0 Å². The number of nitrogens with one attached hydrogen (secondary N) is 2. The monoisotopic (exact) mass is 390 g/mol. The molecule has 0 aliphatic heterocycles. The van der Waals surface area contributed by atoms with Crippen LogP contribution < -0.4 is 15.4 Å². The zero-order valence-electron chi connectivity index (χ0n) is 17.0. The van der Waals surface area contributed by atoms with Crippen LogP contribution in [0.3, 0.4) is 0 Å². The molecule has 1 amide bonds. The van der Waals surface area contributed by atoms with Gasteiger partial charge in [0.05, 0.1) is 7.11 Å². The fraction of sp³-hybridized carbons (Fsp3) is 0.261. The SMILES string of the molecule is COc1ccc(CCNc2cc(C(=O)Nc3ccccc3C(C)C)ncn2)cc1. The Labute approximate surface area is 171 Å². The first-order chi connectivity index (χ1) is 14.1. The van der Waals surface area contributed by atoms with E-state index in [1.54, 1.807) is 13.2 Å². The van der Waals surface area contributed by atoms with Crippen LogP contribution in [0.25, 0.3) is 0 Å². The van der Waals surface area contributed by atoms with Crippen LogP contribution in [-0.4, -0.2) is 29.5 Å². The average Bonchev–Trinajstić information content (AvgIpc) is 2.74. The van der Waals surface area contributed by atoms with Gasteiger partial charge in [-0.25, -0.2) is 9.97 Å². The van der Waals surface area contributed by atoms with Gasteiger partial charge >= 0.3 is 0 Å². The molecule has 0 aliphatic carbocycles. The van der Waals surface area contributed by atoms with Crippen molar-refractivity contribution in [3.8, 4) is 5.75 Å². The third-order valence-electron chi connectivity index (χ3n) is 4.61. The Morgan fingerprint density at radius 1 is 1.07 bits per heavy atom. The predicted molar refractivity (Wildman–Crippen MR) is 116 cm³/mol. The Balaban J connectivity index is 1.60. The van der Waals surface area contributed by atoms with Gasteiger partial charge in [-0.2, -0.15) is 0 Å². The van der Waals surface area contributed by atoms with Crippen molar-refractivity contribution in [3.63, 3.8) is 0 Å². The summed E-state index contributed by atoms with van der Waals surface area (Å²) in [6, 6.07) is 17.4. The molecule has 1 heterocycles. The Morgan fingerprint density at radius 2 is 1.83 bits per heavy atom. The second-order valence-electron chi connectivity index (χ2n) is 7.01. The van der Waals surface area contributed by atoms with Crippen LogP contribution in [0.1, 0.15) is 41.4 Å². The highest BCUT2D eigenvalue weighted by atomic mass is 16.5. The van der Waals surface area contributed by atoms with Crippen molar-refractivity contribution in [2.24, 2.45) is 0 Å². The van der Waals surface area contributed by atoms with Gasteiger partial charge in [0.15, 0.2) is 0 Å². The van der Waals surface area contributed by atoms with E-state index in [2.05, 4.69) is 34.4 Å². The predicted octanol–water partition coefficient (Wildman–Crippen LogP) is 4.52. The molecule has 6 heteroatoms. The number of carbonyl (C=O) groups excluding carboxylic acids is 1. The van der Waals surface area contributed by atoms with Crippen LogP contribution in [0.4, 0.5) is 11.5 Å². The number of benzene rings is 2. The van der Waals surface area contributed by atoms with E-state index < -0.39 is 0 Å². The first-order valence-electron chi connectivity index (χ1n) is 9.66. The molecule has 0 unspecified atom stereocenters. The van der Waals surface area contributed by atoms with Gasteiger partial charge in [0.25, 0.3) is 5.91 Å². The van der Waals surface area contributed by atoms with E-state index in [0.717, 1.165) is 23.4 Å². The third kappa shape index (κ3) is 5.54. The summed E-state index contributed by atoms with van der Waals surface area (Å²) in [5.41, 5.74) is 3.41. The number of hydrogen-bond acceptors (Lipinski definition) is 5. The van der Waals surface area contributed by atoms with Gasteiger partial charge in [-0.3, -0.25) is 4.79 Å². The fourth-order valence-electron chi connectivity index (χ4n) is 3.01. The normalized spacial score (nSPS) is 10.6. The number of nitrogens with zero attached hydrogens (tertiary/aromatic N) is 2. The number of rotatable bonds is 8. The summed E-state index contributed by atoms with van der Waals surface area (Å²) in [6.07, 6.45) is 2.23. The summed E-state index contributed by atoms with van der Waals surface area (Å²) in [5, 5.41) is 6.21. The standard InChI is InChI=1S/C23H26N4O2/c1-16(2)19-6-4-5-7-20(19)27-23(28)21-14-22(26-15-25-21)24-13-12-17-8-10-18(29-3)11-9-17/h4-11,14-16H,12-13H2,1-3H3,(H,27,28)(H,24,25,26). The molecule has 0 aliphatic rings. The molecule has 0 spiro atoms. The maximum atomic E-state index is 12.7. The number of methoxy groups -OCH3 is 1. The lowest BCUT2D eigenvalue weighted by Gasteiger charge is -2.13. The van der Waals surface area contributed by atoms with Crippen LogP contribution in [-0.2, 0) is 6.42 Å². The van der Waals surface area contributed by atoms with Crippen LogP contribution in [0.5, 0.6) is 5.75 Å². The van der Waals surface area contributed by atoms with Crippen molar-refractivity contribution in [1.82, 2.24) is 9.97 Å². The summed E-state index contributed by atoms with van der Waals surface area (Å²) in [5.74, 6) is 1.52. The van der Waals surface area contributed by atoms with Crippen molar-refractivity contribution >= 4 is 17.4 Å². The number of aromatic nitrogens is 2. The molecule has 0 saturated carbocycles. The Kier molecular flexibility index (Phi) is 6.79. The first kappa shape index (κ1) is 20.3. The van der Waals surface area contributed by atoms with Gasteiger partial charge in [-0.1, -0.05) is 44.2 Å². The maximum absolute atomic E-state index is 12.7. The zero-order chi connectivity index (χ0) is 20.6. The van der Waals surface area contributed by atoms with Crippen molar-refractivity contribution in [2.75, 3.05) is 24.3 Å². The molecule has 3 rings (SSSR count). The zero-order valence-corrected chi connectivity index (χ0v) is 17.0. The fourth-order valence-corrected chi connectivity index (χ4v) is 3.01. The summed E-state index contributed by atoms with van der Waals surface area (Å²) < 4.78 is 5.17. The van der Waals surface area contributed by atoms with E-state index in [1.807, 2.05) is 48.5 Å². The number of amides is 1. The summed E-state index contributed by atoms with van der Waals surface area (Å²) in [7, 11) is 1.65. The molecular weight excluding hydrogens is 364 g/mol. The number of anilines is 2. The number of para-hydroxylation sites is 1. The summed E-state index contributed by atoms with van der Waals surface area (Å²) in [4.78, 5) is 21.0. The minimum atomic E-state index is -0.251. The van der Waals surface area contributed by atoms with Gasteiger partial charge in [0.1, 0.15) is 23.6 Å². The molecule has 29 heavy (non-hydrogen) atoms. The minimum Gasteiger partial charge on any atom is -0.497 e. The van der Waals surface area contributed by atoms with Crippen molar-refractivity contribution in [1.29, 1.82) is 0 Å². The van der Waals surface area contributed by atoms with E-state index >= 15 is 0 Å². The first-order valence-corrected chi connectivity index (χ1v) is 9.66. The molecule has 3 aromatic rings. The van der Waals surface area contributed by atoms with Crippen LogP contribution in [0.15, 0.2) is 60.9 Å². The van der Waals surface area contributed by atoms with E-state index in [9.17, 15) is 4.79 Å². The second-order valence-corrected chi connectivity index (χ2v) is 7.01. The smallest absolute Gasteiger partial charge is 0.274 e. The van der Waals surface area contributed by atoms with E-state index in [4.69, 9.17) is 4.74 Å². The van der Waals surface area contributed by atoms with E-state index in [1.165, 1.54) is 11.9 Å². The maximum Gasteiger partial charge on any atom is 0.274 e. The lowest BCUT2D eigenvalue weighted by molar-refractivity contribution is 0.102. The number of ether oxygens (including phenoxy) is 1. The molecule has 150 valence electrons. The molecule has 2 aromatic carbocycles. The molecule has 0 bridgehead atoms. The van der Waals surface area contributed by atoms with Gasteiger partial charge in [-0.05, 0) is 41.7 Å². The van der Waals surface area contributed by atoms with Crippen LogP contribution >= 0.6 is 0 Å². The summed E-state index contributed by atoms with van der Waals surface area (Å²) >= 11 is 0. The lowest BCUT2D eigenvalue weighted by Crippen LogP contribution is -2.16. The molecule has 0 fully saturated rings. The van der Waals surface area contributed by atoms with Gasteiger partial charge in [-0.15, -0.1) is 0 Å². The number of hydrogen-bond donors (Lipinski definition) is 2. The minimum absolute atomic E-state index is 0.251. The Bertz CT molecular complexity index is 955. The molecule has 0 atom stereocenters. The highest BCUT2D eigenvalue weighted by molar-refractivity contribution is 6.03. The van der Waals surface area contributed by atoms with E-state index in [0.29, 0.717) is 24.0 Å². The molecular formula is C23H26N4O2. The third-order valence-corrected chi connectivity index (χ3v) is 4.61. The lowest BCUT2D eigenvalue weighted by atomic mass is 10.0. The molecule has 2 N–H and O–H groups in total. The van der Waals surface area contributed by atoms with E-state index in [-0.39, 0.29) is 5.91 Å². The van der Waals surface area contributed by atoms with Crippen LogP contribution in [0.2, 0.25) is 0 Å². The molecule has 0 radical (unpaired) electrons. The molecule has 1 aromatic heterocycles. The largest absolute Gasteiger partial charge is 0.497 e. The summed E-state index contributed by atoms with van der Waals surface area (Å²) in [6.45, 7) is 4.89. The van der Waals surface area contributed by atoms with Crippen molar-refractivity contribution in [2.45, 2.75) is 26.2 Å². The quantitative estimate of drug-likeness (QED) is 0.592. The molecule has 6 nitrogen and oxygen atoms in total. The number of carbonyl (C=O) groups is 1. The van der Waals surface area contributed by atoms with Crippen molar-refractivity contribution < 1.29 is 9.53 Å². The van der Waals surface area contributed by atoms with Gasteiger partial charge in [0, 0.05) is 18.3 Å². The second kappa shape index (κ2) is 9.68. The topological polar surface area (TPSA) is 76.1 Å². The highest BCUT2D eigenvalue weighted by Gasteiger charge is 2.12. The van der Waals surface area contributed by atoms with Gasteiger partial charge in [0.2, 0.25) is 0 Å². The molecule has 0 saturated heterocycles. The Hall–Kier alpha value is -3.41. The average molecular weight is 390 g/mol.